The molecule has 166 valence electrons. The highest BCUT2D eigenvalue weighted by Crippen LogP contribution is 2.22. The first-order valence-electron chi connectivity index (χ1n) is 11.1. The van der Waals surface area contributed by atoms with Crippen molar-refractivity contribution in [2.75, 3.05) is 38.5 Å². The number of amides is 2. The van der Waals surface area contributed by atoms with E-state index in [-0.39, 0.29) is 23.8 Å². The summed E-state index contributed by atoms with van der Waals surface area (Å²) >= 11 is 0. The summed E-state index contributed by atoms with van der Waals surface area (Å²) in [4.78, 5) is 28.7. The van der Waals surface area contributed by atoms with E-state index >= 15 is 0 Å². The van der Waals surface area contributed by atoms with Gasteiger partial charge in [-0.1, -0.05) is 49.4 Å². The largest absolute Gasteiger partial charge is 0.369 e. The third-order valence-electron chi connectivity index (χ3n) is 6.23. The van der Waals surface area contributed by atoms with Crippen LogP contribution in [0.2, 0.25) is 0 Å². The van der Waals surface area contributed by atoms with E-state index in [0.717, 1.165) is 56.7 Å². The lowest BCUT2D eigenvalue weighted by molar-refractivity contribution is -0.123. The molecule has 3 rings (SSSR count). The Balaban J connectivity index is 1.53. The number of benzene rings is 2. The quantitative estimate of drug-likeness (QED) is 0.651. The van der Waals surface area contributed by atoms with Crippen LogP contribution >= 0.6 is 0 Å². The van der Waals surface area contributed by atoms with Gasteiger partial charge in [-0.25, -0.2) is 0 Å². The van der Waals surface area contributed by atoms with Gasteiger partial charge in [0.15, 0.2) is 0 Å². The molecule has 0 aliphatic carbocycles. The van der Waals surface area contributed by atoms with Crippen LogP contribution in [0.1, 0.15) is 36.9 Å². The van der Waals surface area contributed by atoms with Gasteiger partial charge in [-0.05, 0) is 69.2 Å². The van der Waals surface area contributed by atoms with Crippen LogP contribution in [0.5, 0.6) is 0 Å². The highest BCUT2D eigenvalue weighted by atomic mass is 16.2. The first kappa shape index (κ1) is 23.0. The molecule has 0 radical (unpaired) electrons. The Morgan fingerprint density at radius 1 is 1.10 bits per heavy atom. The van der Waals surface area contributed by atoms with E-state index in [2.05, 4.69) is 22.3 Å². The van der Waals surface area contributed by atoms with Crippen LogP contribution in [0.4, 0.5) is 5.69 Å². The second-order valence-corrected chi connectivity index (χ2v) is 8.34. The molecule has 1 aliphatic heterocycles. The highest BCUT2D eigenvalue weighted by molar-refractivity contribution is 5.95. The SMILES string of the molecule is CCN(C)C(C(=O)Nc1ccc(CCN2CCC(C(N)=O)CC2)cc1)c1ccccc1. The van der Waals surface area contributed by atoms with Crippen molar-refractivity contribution in [3.8, 4) is 0 Å². The number of nitrogens with two attached hydrogens (primary N) is 1. The number of piperidine rings is 1. The number of nitrogens with zero attached hydrogens (tertiary/aromatic N) is 2. The molecular formula is C25H34N4O2. The number of hydrogen-bond acceptors (Lipinski definition) is 4. The van der Waals surface area contributed by atoms with Crippen LogP contribution in [0, 0.1) is 5.92 Å². The molecular weight excluding hydrogens is 388 g/mol. The van der Waals surface area contributed by atoms with Crippen molar-refractivity contribution in [1.82, 2.24) is 9.80 Å². The van der Waals surface area contributed by atoms with E-state index in [9.17, 15) is 9.59 Å². The standard InChI is InChI=1S/C25H34N4O2/c1-3-28(2)23(20-7-5-4-6-8-20)25(31)27-22-11-9-19(10-12-22)13-16-29-17-14-21(15-18-29)24(26)30/h4-12,21,23H,3,13-18H2,1-2H3,(H2,26,30)(H,27,31). The smallest absolute Gasteiger partial charge is 0.246 e. The van der Waals surface area contributed by atoms with Gasteiger partial charge in [-0.3, -0.25) is 14.5 Å². The van der Waals surface area contributed by atoms with Gasteiger partial charge in [0, 0.05) is 18.2 Å². The minimum absolute atomic E-state index is 0.0272. The summed E-state index contributed by atoms with van der Waals surface area (Å²) in [6, 6.07) is 17.6. The number of rotatable bonds is 9. The molecule has 0 saturated carbocycles. The van der Waals surface area contributed by atoms with Gasteiger partial charge in [-0.2, -0.15) is 0 Å². The van der Waals surface area contributed by atoms with E-state index in [1.807, 2.05) is 61.3 Å². The zero-order valence-corrected chi connectivity index (χ0v) is 18.6. The molecule has 2 aromatic carbocycles. The molecule has 3 N–H and O–H groups in total. The fourth-order valence-corrected chi connectivity index (χ4v) is 4.12. The number of primary amides is 1. The first-order valence-corrected chi connectivity index (χ1v) is 11.1. The van der Waals surface area contributed by atoms with Gasteiger partial charge < -0.3 is 16.0 Å². The maximum absolute atomic E-state index is 13.0. The summed E-state index contributed by atoms with van der Waals surface area (Å²) in [5.74, 6) is -0.164. The maximum atomic E-state index is 13.0. The summed E-state index contributed by atoms with van der Waals surface area (Å²) in [7, 11) is 1.96. The number of carbonyl (C=O) groups excluding carboxylic acids is 2. The number of likely N-dealkylation sites (N-methyl/N-ethyl adjacent to an activating group) is 1. The van der Waals surface area contributed by atoms with Gasteiger partial charge in [0.1, 0.15) is 6.04 Å². The minimum atomic E-state index is -0.325. The van der Waals surface area contributed by atoms with Crippen LogP contribution < -0.4 is 11.1 Å². The van der Waals surface area contributed by atoms with Gasteiger partial charge in [0.2, 0.25) is 11.8 Å². The van der Waals surface area contributed by atoms with E-state index < -0.39 is 0 Å². The number of nitrogens with one attached hydrogen (secondary N) is 1. The summed E-state index contributed by atoms with van der Waals surface area (Å²) < 4.78 is 0. The fraction of sp³-hybridized carbons (Fsp3) is 0.440. The number of hydrogen-bond donors (Lipinski definition) is 2. The monoisotopic (exact) mass is 422 g/mol. The van der Waals surface area contributed by atoms with Crippen LogP contribution in [0.25, 0.3) is 0 Å². The van der Waals surface area contributed by atoms with Gasteiger partial charge >= 0.3 is 0 Å². The second kappa shape index (κ2) is 11.1. The Kier molecular flexibility index (Phi) is 8.20. The van der Waals surface area contributed by atoms with E-state index in [4.69, 9.17) is 5.73 Å². The predicted octanol–water partition coefficient (Wildman–Crippen LogP) is 3.06. The zero-order valence-electron chi connectivity index (χ0n) is 18.6. The molecule has 2 aromatic rings. The second-order valence-electron chi connectivity index (χ2n) is 8.34. The van der Waals surface area contributed by atoms with Crippen LogP contribution in [-0.2, 0) is 16.0 Å². The first-order chi connectivity index (χ1) is 15.0. The van der Waals surface area contributed by atoms with Gasteiger partial charge in [0.25, 0.3) is 0 Å². The third kappa shape index (κ3) is 6.39. The molecule has 0 aromatic heterocycles. The van der Waals surface area contributed by atoms with Gasteiger partial charge in [0.05, 0.1) is 0 Å². The van der Waals surface area contributed by atoms with Crippen LogP contribution in [0.3, 0.4) is 0 Å². The molecule has 1 heterocycles. The normalized spacial score (nSPS) is 16.2. The summed E-state index contributed by atoms with van der Waals surface area (Å²) in [6.45, 7) is 5.65. The minimum Gasteiger partial charge on any atom is -0.369 e. The average Bonchev–Trinajstić information content (AvgIpc) is 2.79. The molecule has 1 saturated heterocycles. The molecule has 1 aliphatic rings. The lowest BCUT2D eigenvalue weighted by Gasteiger charge is -2.30. The number of likely N-dealkylation sites (tertiary alicyclic amines) is 1. The summed E-state index contributed by atoms with van der Waals surface area (Å²) in [6.07, 6.45) is 2.66. The Hall–Kier alpha value is -2.70. The molecule has 31 heavy (non-hydrogen) atoms. The van der Waals surface area contributed by atoms with Crippen molar-refractivity contribution in [2.24, 2.45) is 11.7 Å². The van der Waals surface area contributed by atoms with Crippen LogP contribution in [-0.4, -0.2) is 54.8 Å². The molecule has 6 heteroatoms. The van der Waals surface area contributed by atoms with E-state index in [1.54, 1.807) is 0 Å². The Bertz CT molecular complexity index is 846. The number of anilines is 1. The zero-order chi connectivity index (χ0) is 22.2. The van der Waals surface area contributed by atoms with Crippen molar-refractivity contribution < 1.29 is 9.59 Å². The molecule has 0 bridgehead atoms. The maximum Gasteiger partial charge on any atom is 0.246 e. The average molecular weight is 423 g/mol. The lowest BCUT2D eigenvalue weighted by Crippen LogP contribution is -2.39. The predicted molar refractivity (Wildman–Crippen MR) is 125 cm³/mol. The Labute approximate surface area is 185 Å². The topological polar surface area (TPSA) is 78.7 Å². The molecule has 1 atom stereocenters. The van der Waals surface area contributed by atoms with Gasteiger partial charge in [-0.15, -0.1) is 0 Å². The Morgan fingerprint density at radius 2 is 1.74 bits per heavy atom. The number of carbonyl (C=O) groups is 2. The molecule has 0 spiro atoms. The lowest BCUT2D eigenvalue weighted by atomic mass is 9.96. The molecule has 6 nitrogen and oxygen atoms in total. The van der Waals surface area contributed by atoms with Crippen molar-refractivity contribution in [1.29, 1.82) is 0 Å². The van der Waals surface area contributed by atoms with Crippen molar-refractivity contribution in [3.05, 3.63) is 65.7 Å². The van der Waals surface area contributed by atoms with Crippen molar-refractivity contribution in [3.63, 3.8) is 0 Å². The summed E-state index contributed by atoms with van der Waals surface area (Å²) in [5.41, 5.74) is 8.44. The summed E-state index contributed by atoms with van der Waals surface area (Å²) in [5, 5.41) is 3.07. The molecule has 1 unspecified atom stereocenters. The highest BCUT2D eigenvalue weighted by Gasteiger charge is 2.24. The van der Waals surface area contributed by atoms with Crippen LogP contribution in [0.15, 0.2) is 54.6 Å². The van der Waals surface area contributed by atoms with Crippen molar-refractivity contribution >= 4 is 17.5 Å². The van der Waals surface area contributed by atoms with Crippen molar-refractivity contribution in [2.45, 2.75) is 32.2 Å². The third-order valence-corrected chi connectivity index (χ3v) is 6.23. The Morgan fingerprint density at radius 3 is 2.32 bits per heavy atom. The fourth-order valence-electron chi connectivity index (χ4n) is 4.12. The molecule has 2 amide bonds. The van der Waals surface area contributed by atoms with E-state index in [0.29, 0.717) is 0 Å². The van der Waals surface area contributed by atoms with E-state index in [1.165, 1.54) is 5.56 Å². The molecule has 1 fully saturated rings.